The number of unbranched alkanes of at least 4 members (excludes halogenated alkanes) is 2. The SMILES string of the molecule is CCC(CCCCCOC)OC(=O)NC1CCC(CC2CCC(NC(C)=O)CC2)CC1. The van der Waals surface area contributed by atoms with Gasteiger partial charge in [-0.05, 0) is 95.3 Å². The Hall–Kier alpha value is -1.30. The molecule has 0 aromatic rings. The summed E-state index contributed by atoms with van der Waals surface area (Å²) in [6, 6.07) is 0.649. The molecule has 2 amide bonds. The van der Waals surface area contributed by atoms with Gasteiger partial charge in [-0.15, -0.1) is 0 Å². The first-order valence-electron chi connectivity index (χ1n) is 12.7. The minimum atomic E-state index is -0.233. The van der Waals surface area contributed by atoms with E-state index in [1.54, 1.807) is 14.0 Å². The van der Waals surface area contributed by atoms with Crippen LogP contribution in [-0.2, 0) is 14.3 Å². The van der Waals surface area contributed by atoms with Gasteiger partial charge in [0.05, 0.1) is 0 Å². The average molecular weight is 439 g/mol. The average Bonchev–Trinajstić information content (AvgIpc) is 2.75. The predicted octanol–water partition coefficient (Wildman–Crippen LogP) is 5.34. The fraction of sp³-hybridized carbons (Fsp3) is 0.920. The van der Waals surface area contributed by atoms with Gasteiger partial charge in [-0.1, -0.05) is 13.3 Å². The quantitative estimate of drug-likeness (QED) is 0.403. The predicted molar refractivity (Wildman–Crippen MR) is 124 cm³/mol. The summed E-state index contributed by atoms with van der Waals surface area (Å²) >= 11 is 0. The maximum Gasteiger partial charge on any atom is 0.407 e. The van der Waals surface area contributed by atoms with Gasteiger partial charge in [0.25, 0.3) is 0 Å². The lowest BCUT2D eigenvalue weighted by molar-refractivity contribution is -0.119. The van der Waals surface area contributed by atoms with Gasteiger partial charge in [-0.2, -0.15) is 0 Å². The molecule has 0 heterocycles. The van der Waals surface area contributed by atoms with E-state index in [9.17, 15) is 9.59 Å². The minimum Gasteiger partial charge on any atom is -0.446 e. The molecule has 1 unspecified atom stereocenters. The van der Waals surface area contributed by atoms with Crippen molar-refractivity contribution in [1.29, 1.82) is 0 Å². The molecule has 2 rings (SSSR count). The molecule has 0 radical (unpaired) electrons. The number of nitrogens with one attached hydrogen (secondary N) is 2. The van der Waals surface area contributed by atoms with Gasteiger partial charge < -0.3 is 20.1 Å². The summed E-state index contributed by atoms with van der Waals surface area (Å²) in [5.41, 5.74) is 0. The number of carbonyl (C=O) groups is 2. The molecule has 6 nitrogen and oxygen atoms in total. The van der Waals surface area contributed by atoms with Gasteiger partial charge in [0.2, 0.25) is 5.91 Å². The van der Waals surface area contributed by atoms with Gasteiger partial charge in [0.1, 0.15) is 6.10 Å². The summed E-state index contributed by atoms with van der Waals surface area (Å²) < 4.78 is 10.8. The van der Waals surface area contributed by atoms with Gasteiger partial charge in [0.15, 0.2) is 0 Å². The van der Waals surface area contributed by atoms with Gasteiger partial charge in [-0.3, -0.25) is 4.79 Å². The molecule has 1 atom stereocenters. The van der Waals surface area contributed by atoms with Crippen molar-refractivity contribution in [3.8, 4) is 0 Å². The van der Waals surface area contributed by atoms with Crippen LogP contribution >= 0.6 is 0 Å². The lowest BCUT2D eigenvalue weighted by Gasteiger charge is -2.34. The molecule has 0 aliphatic heterocycles. The molecule has 0 spiro atoms. The van der Waals surface area contributed by atoms with Crippen molar-refractivity contribution < 1.29 is 19.1 Å². The van der Waals surface area contributed by atoms with Crippen molar-refractivity contribution in [3.05, 3.63) is 0 Å². The third kappa shape index (κ3) is 10.7. The number of rotatable bonds is 12. The molecule has 0 saturated heterocycles. The van der Waals surface area contributed by atoms with Crippen molar-refractivity contribution >= 4 is 12.0 Å². The van der Waals surface area contributed by atoms with Crippen molar-refractivity contribution in [3.63, 3.8) is 0 Å². The van der Waals surface area contributed by atoms with E-state index in [2.05, 4.69) is 17.6 Å². The molecule has 0 aromatic carbocycles. The van der Waals surface area contributed by atoms with E-state index in [-0.39, 0.29) is 24.1 Å². The Morgan fingerprint density at radius 2 is 1.45 bits per heavy atom. The number of alkyl carbamates (subject to hydrolysis) is 1. The molecule has 6 heteroatoms. The van der Waals surface area contributed by atoms with Crippen LogP contribution in [0.2, 0.25) is 0 Å². The summed E-state index contributed by atoms with van der Waals surface area (Å²) in [5.74, 6) is 1.69. The second kappa shape index (κ2) is 14.7. The number of ether oxygens (including phenoxy) is 2. The standard InChI is InChI=1S/C25H46N2O4/c1-4-24(8-6-5-7-17-30-3)31-25(29)27-23-15-11-21(12-16-23)18-20-9-13-22(14-10-20)26-19(2)28/h20-24H,4-18H2,1-3H3,(H,26,28)(H,27,29). The Balaban J connectivity index is 1.57. The molecule has 2 aliphatic rings. The number of hydrogen-bond acceptors (Lipinski definition) is 4. The van der Waals surface area contributed by atoms with Crippen molar-refractivity contribution in [2.75, 3.05) is 13.7 Å². The monoisotopic (exact) mass is 438 g/mol. The van der Waals surface area contributed by atoms with Crippen molar-refractivity contribution in [2.24, 2.45) is 11.8 Å². The molecule has 31 heavy (non-hydrogen) atoms. The van der Waals surface area contributed by atoms with Crippen LogP contribution in [0.4, 0.5) is 4.79 Å². The smallest absolute Gasteiger partial charge is 0.407 e. The Morgan fingerprint density at radius 1 is 0.871 bits per heavy atom. The van der Waals surface area contributed by atoms with Gasteiger partial charge in [0, 0.05) is 32.7 Å². The number of hydrogen-bond donors (Lipinski definition) is 2. The summed E-state index contributed by atoms with van der Waals surface area (Å²) in [6.45, 7) is 4.50. The molecule has 180 valence electrons. The Morgan fingerprint density at radius 3 is 1.97 bits per heavy atom. The number of methoxy groups -OCH3 is 1. The van der Waals surface area contributed by atoms with E-state index < -0.39 is 0 Å². The summed E-state index contributed by atoms with van der Waals surface area (Å²) in [5, 5.41) is 6.19. The van der Waals surface area contributed by atoms with Crippen LogP contribution < -0.4 is 10.6 Å². The van der Waals surface area contributed by atoms with Crippen LogP contribution in [0.25, 0.3) is 0 Å². The minimum absolute atomic E-state index is 0.0199. The fourth-order valence-corrected chi connectivity index (χ4v) is 5.34. The topological polar surface area (TPSA) is 76.7 Å². The molecule has 2 fully saturated rings. The third-order valence-electron chi connectivity index (χ3n) is 7.19. The summed E-state index contributed by atoms with van der Waals surface area (Å²) in [7, 11) is 1.73. The van der Waals surface area contributed by atoms with Crippen LogP contribution in [0.1, 0.15) is 104 Å². The van der Waals surface area contributed by atoms with Crippen molar-refractivity contribution in [2.45, 2.75) is 122 Å². The highest BCUT2D eigenvalue weighted by Crippen LogP contribution is 2.35. The van der Waals surface area contributed by atoms with E-state index in [1.807, 2.05) is 0 Å². The lowest BCUT2D eigenvalue weighted by atomic mass is 9.75. The van der Waals surface area contributed by atoms with E-state index in [0.29, 0.717) is 6.04 Å². The molecule has 2 saturated carbocycles. The Kier molecular flexibility index (Phi) is 12.3. The first kappa shape index (κ1) is 26.0. The first-order valence-corrected chi connectivity index (χ1v) is 12.7. The highest BCUT2D eigenvalue weighted by molar-refractivity contribution is 5.73. The van der Waals surface area contributed by atoms with Gasteiger partial charge in [-0.25, -0.2) is 4.79 Å². The zero-order chi connectivity index (χ0) is 22.5. The Labute approximate surface area is 189 Å². The number of carbonyl (C=O) groups excluding carboxylic acids is 2. The second-order valence-corrected chi connectivity index (χ2v) is 9.79. The Bertz CT molecular complexity index is 512. The molecule has 2 N–H and O–H groups in total. The van der Waals surface area contributed by atoms with E-state index >= 15 is 0 Å². The van der Waals surface area contributed by atoms with E-state index in [1.165, 1.54) is 32.1 Å². The largest absolute Gasteiger partial charge is 0.446 e. The van der Waals surface area contributed by atoms with Crippen LogP contribution in [-0.4, -0.2) is 43.9 Å². The molecular formula is C25H46N2O4. The number of amides is 2. The zero-order valence-corrected chi connectivity index (χ0v) is 20.1. The fourth-order valence-electron chi connectivity index (χ4n) is 5.34. The molecule has 2 aliphatic carbocycles. The third-order valence-corrected chi connectivity index (χ3v) is 7.19. The van der Waals surface area contributed by atoms with Crippen molar-refractivity contribution in [1.82, 2.24) is 10.6 Å². The normalized spacial score (nSPS) is 27.3. The molecular weight excluding hydrogens is 392 g/mol. The van der Waals surface area contributed by atoms with Crippen LogP contribution in [0.3, 0.4) is 0 Å². The van der Waals surface area contributed by atoms with Gasteiger partial charge >= 0.3 is 6.09 Å². The van der Waals surface area contributed by atoms with Crippen LogP contribution in [0.5, 0.6) is 0 Å². The summed E-state index contributed by atoms with van der Waals surface area (Å²) in [4.78, 5) is 23.6. The lowest BCUT2D eigenvalue weighted by Crippen LogP contribution is -2.40. The van der Waals surface area contributed by atoms with E-state index in [4.69, 9.17) is 9.47 Å². The van der Waals surface area contributed by atoms with E-state index in [0.717, 1.165) is 76.2 Å². The highest BCUT2D eigenvalue weighted by Gasteiger charge is 2.28. The highest BCUT2D eigenvalue weighted by atomic mass is 16.6. The maximum absolute atomic E-state index is 12.3. The maximum atomic E-state index is 12.3. The zero-order valence-electron chi connectivity index (χ0n) is 20.1. The molecule has 0 aromatic heterocycles. The van der Waals surface area contributed by atoms with Crippen LogP contribution in [0, 0.1) is 11.8 Å². The molecule has 0 bridgehead atoms. The second-order valence-electron chi connectivity index (χ2n) is 9.79. The first-order chi connectivity index (χ1) is 15.0. The van der Waals surface area contributed by atoms with Crippen LogP contribution in [0.15, 0.2) is 0 Å². The summed E-state index contributed by atoms with van der Waals surface area (Å²) in [6.07, 6.45) is 15.4.